The molecule has 0 heterocycles. The molecule has 0 spiro atoms. The van der Waals surface area contributed by atoms with Crippen LogP contribution in [0.4, 0.5) is 0 Å². The first-order chi connectivity index (χ1) is 6.81. The Labute approximate surface area is 101 Å². The number of ether oxygens (including phenoxy) is 1. The summed E-state index contributed by atoms with van der Waals surface area (Å²) >= 11 is 0. The molecule has 0 saturated heterocycles. The smallest absolute Gasteiger partial charge is 0.306 e. The third kappa shape index (κ3) is 8.75. The van der Waals surface area contributed by atoms with Gasteiger partial charge in [0, 0.05) is 0 Å². The lowest BCUT2D eigenvalue weighted by Crippen LogP contribution is -2.29. The van der Waals surface area contributed by atoms with E-state index in [0.29, 0.717) is 6.42 Å². The van der Waals surface area contributed by atoms with Crippen LogP contribution < -0.4 is 0 Å². The molecule has 0 aromatic rings. The second kappa shape index (κ2) is 4.77. The van der Waals surface area contributed by atoms with Gasteiger partial charge in [0.15, 0.2) is 0 Å². The monoisotopic (exact) mass is 228 g/mol. The van der Waals surface area contributed by atoms with Crippen LogP contribution in [0.3, 0.4) is 0 Å². The topological polar surface area (TPSA) is 26.3 Å². The summed E-state index contributed by atoms with van der Waals surface area (Å²) in [6.07, 6.45) is 1.50. The van der Waals surface area contributed by atoms with Gasteiger partial charge in [0.1, 0.15) is 5.60 Å². The van der Waals surface area contributed by atoms with Crippen LogP contribution in [-0.4, -0.2) is 11.6 Å². The maximum Gasteiger partial charge on any atom is 0.306 e. The lowest BCUT2D eigenvalue weighted by molar-refractivity contribution is -0.157. The number of esters is 1. The van der Waals surface area contributed by atoms with Crippen LogP contribution in [0.1, 0.15) is 68.2 Å². The Morgan fingerprint density at radius 1 is 0.938 bits per heavy atom. The standard InChI is InChI=1S/C14H28O2/c1-12(2,3)10-14(7,8)9-11(15)16-13(4,5)6/h9-10H2,1-8H3. The lowest BCUT2D eigenvalue weighted by Gasteiger charge is -2.32. The Balaban J connectivity index is 4.32. The first kappa shape index (κ1) is 15.5. The van der Waals surface area contributed by atoms with Gasteiger partial charge in [-0.05, 0) is 38.0 Å². The molecule has 0 aromatic carbocycles. The van der Waals surface area contributed by atoms with Crippen LogP contribution in [0.2, 0.25) is 0 Å². The highest BCUT2D eigenvalue weighted by Crippen LogP contribution is 2.36. The van der Waals surface area contributed by atoms with Crippen molar-refractivity contribution >= 4 is 5.97 Å². The Hall–Kier alpha value is -0.530. The predicted octanol–water partition coefficient (Wildman–Crippen LogP) is 4.18. The fourth-order valence-corrected chi connectivity index (χ4v) is 2.27. The van der Waals surface area contributed by atoms with Crippen molar-refractivity contribution in [3.63, 3.8) is 0 Å². The highest BCUT2D eigenvalue weighted by molar-refractivity contribution is 5.70. The van der Waals surface area contributed by atoms with Crippen LogP contribution in [-0.2, 0) is 9.53 Å². The Bertz CT molecular complexity index is 238. The summed E-state index contributed by atoms with van der Waals surface area (Å²) in [6.45, 7) is 16.6. The molecule has 2 heteroatoms. The Morgan fingerprint density at radius 2 is 1.38 bits per heavy atom. The maximum atomic E-state index is 11.7. The van der Waals surface area contributed by atoms with E-state index in [1.54, 1.807) is 0 Å². The highest BCUT2D eigenvalue weighted by Gasteiger charge is 2.29. The molecule has 0 aliphatic carbocycles. The van der Waals surface area contributed by atoms with Crippen molar-refractivity contribution in [3.8, 4) is 0 Å². The van der Waals surface area contributed by atoms with Crippen LogP contribution in [0.5, 0.6) is 0 Å². The number of hydrogen-bond donors (Lipinski definition) is 0. The zero-order valence-corrected chi connectivity index (χ0v) is 12.2. The van der Waals surface area contributed by atoms with E-state index >= 15 is 0 Å². The first-order valence-corrected chi connectivity index (χ1v) is 6.03. The maximum absolute atomic E-state index is 11.7. The van der Waals surface area contributed by atoms with Crippen LogP contribution in [0.25, 0.3) is 0 Å². The average molecular weight is 228 g/mol. The molecular weight excluding hydrogens is 200 g/mol. The molecule has 0 aliphatic rings. The second-order valence-electron chi connectivity index (χ2n) is 7.66. The summed E-state index contributed by atoms with van der Waals surface area (Å²) in [4.78, 5) is 11.7. The SMILES string of the molecule is CC(C)(C)CC(C)(C)CC(=O)OC(C)(C)C. The van der Waals surface area contributed by atoms with Crippen molar-refractivity contribution in [2.24, 2.45) is 10.8 Å². The minimum absolute atomic E-state index is 0.000579. The zero-order chi connectivity index (χ0) is 13.2. The normalized spacial score (nSPS) is 13.8. The molecule has 0 bridgehead atoms. The van der Waals surface area contributed by atoms with Crippen molar-refractivity contribution in [2.45, 2.75) is 73.8 Å². The van der Waals surface area contributed by atoms with Gasteiger partial charge in [-0.2, -0.15) is 0 Å². The third-order valence-electron chi connectivity index (χ3n) is 2.05. The molecule has 0 aromatic heterocycles. The van der Waals surface area contributed by atoms with E-state index in [4.69, 9.17) is 4.74 Å². The second-order valence-corrected chi connectivity index (χ2v) is 7.66. The molecule has 0 saturated carbocycles. The van der Waals surface area contributed by atoms with E-state index in [-0.39, 0.29) is 22.4 Å². The minimum atomic E-state index is -0.380. The first-order valence-electron chi connectivity index (χ1n) is 6.03. The number of hydrogen-bond acceptors (Lipinski definition) is 2. The van der Waals surface area contributed by atoms with Gasteiger partial charge in [-0.1, -0.05) is 34.6 Å². The number of rotatable bonds is 3. The van der Waals surface area contributed by atoms with Crippen LogP contribution >= 0.6 is 0 Å². The van der Waals surface area contributed by atoms with Crippen LogP contribution in [0.15, 0.2) is 0 Å². The lowest BCUT2D eigenvalue weighted by atomic mass is 9.74. The molecule has 0 rings (SSSR count). The molecule has 0 atom stereocenters. The fourth-order valence-electron chi connectivity index (χ4n) is 2.27. The molecule has 96 valence electrons. The molecule has 0 amide bonds. The van der Waals surface area contributed by atoms with Gasteiger partial charge in [0.2, 0.25) is 0 Å². The van der Waals surface area contributed by atoms with Gasteiger partial charge >= 0.3 is 5.97 Å². The van der Waals surface area contributed by atoms with Gasteiger partial charge in [-0.25, -0.2) is 0 Å². The van der Waals surface area contributed by atoms with E-state index < -0.39 is 0 Å². The fraction of sp³-hybridized carbons (Fsp3) is 0.929. The molecule has 0 unspecified atom stereocenters. The van der Waals surface area contributed by atoms with E-state index in [1.165, 1.54) is 0 Å². The quantitative estimate of drug-likeness (QED) is 0.677. The highest BCUT2D eigenvalue weighted by atomic mass is 16.6. The van der Waals surface area contributed by atoms with Gasteiger partial charge in [0.05, 0.1) is 6.42 Å². The largest absolute Gasteiger partial charge is 0.460 e. The summed E-state index contributed by atoms with van der Waals surface area (Å²) in [5.74, 6) is -0.0956. The molecule has 0 aliphatic heterocycles. The molecule has 0 fully saturated rings. The summed E-state index contributed by atoms with van der Waals surface area (Å²) < 4.78 is 5.35. The summed E-state index contributed by atoms with van der Waals surface area (Å²) in [6, 6.07) is 0. The van der Waals surface area contributed by atoms with E-state index in [9.17, 15) is 4.79 Å². The number of carbonyl (C=O) groups excluding carboxylic acids is 1. The summed E-state index contributed by atoms with van der Waals surface area (Å²) in [5.41, 5.74) is -0.138. The van der Waals surface area contributed by atoms with Crippen molar-refractivity contribution in [1.29, 1.82) is 0 Å². The van der Waals surface area contributed by atoms with Crippen molar-refractivity contribution < 1.29 is 9.53 Å². The van der Waals surface area contributed by atoms with Crippen molar-refractivity contribution in [2.75, 3.05) is 0 Å². The Kier molecular flexibility index (Phi) is 4.61. The predicted molar refractivity (Wildman–Crippen MR) is 68.3 cm³/mol. The van der Waals surface area contributed by atoms with Gasteiger partial charge in [-0.15, -0.1) is 0 Å². The molecule has 0 radical (unpaired) electrons. The molecule has 16 heavy (non-hydrogen) atoms. The van der Waals surface area contributed by atoms with Crippen molar-refractivity contribution in [3.05, 3.63) is 0 Å². The van der Waals surface area contributed by atoms with Crippen molar-refractivity contribution in [1.82, 2.24) is 0 Å². The molecule has 0 N–H and O–H groups in total. The summed E-state index contributed by atoms with van der Waals surface area (Å²) in [7, 11) is 0. The van der Waals surface area contributed by atoms with Gasteiger partial charge < -0.3 is 4.74 Å². The molecular formula is C14H28O2. The third-order valence-corrected chi connectivity index (χ3v) is 2.05. The van der Waals surface area contributed by atoms with Crippen LogP contribution in [0, 0.1) is 10.8 Å². The summed E-state index contributed by atoms with van der Waals surface area (Å²) in [5, 5.41) is 0. The van der Waals surface area contributed by atoms with Gasteiger partial charge in [-0.3, -0.25) is 4.79 Å². The number of carbonyl (C=O) groups is 1. The Morgan fingerprint density at radius 3 is 1.69 bits per heavy atom. The van der Waals surface area contributed by atoms with Gasteiger partial charge in [0.25, 0.3) is 0 Å². The van der Waals surface area contributed by atoms with E-state index in [2.05, 4.69) is 34.6 Å². The van der Waals surface area contributed by atoms with E-state index in [1.807, 2.05) is 20.8 Å². The zero-order valence-electron chi connectivity index (χ0n) is 12.2. The average Bonchev–Trinajstić information content (AvgIpc) is 1.70. The minimum Gasteiger partial charge on any atom is -0.460 e. The molecule has 2 nitrogen and oxygen atoms in total. The van der Waals surface area contributed by atoms with E-state index in [0.717, 1.165) is 6.42 Å².